The first-order valence-corrected chi connectivity index (χ1v) is 9.20. The van der Waals surface area contributed by atoms with E-state index in [1.54, 1.807) is 12.1 Å². The Labute approximate surface area is 139 Å². The van der Waals surface area contributed by atoms with Crippen LogP contribution in [0.2, 0.25) is 5.02 Å². The van der Waals surface area contributed by atoms with E-state index >= 15 is 0 Å². The molecule has 122 valence electrons. The molecule has 0 heterocycles. The van der Waals surface area contributed by atoms with E-state index in [0.29, 0.717) is 16.6 Å². The Morgan fingerprint density at radius 2 is 1.36 bits per heavy atom. The molecule has 1 aliphatic carbocycles. The van der Waals surface area contributed by atoms with Crippen molar-refractivity contribution < 1.29 is 4.79 Å². The molecule has 1 aromatic carbocycles. The largest absolute Gasteiger partial charge is 0.349 e. The normalized spacial score (nSPS) is 19.0. The third kappa shape index (κ3) is 6.00. The first-order valence-electron chi connectivity index (χ1n) is 8.83. The van der Waals surface area contributed by atoms with Gasteiger partial charge in [0.1, 0.15) is 0 Å². The number of amides is 1. The molecule has 0 saturated heterocycles. The first kappa shape index (κ1) is 17.3. The topological polar surface area (TPSA) is 29.1 Å². The van der Waals surface area contributed by atoms with E-state index < -0.39 is 0 Å². The minimum Gasteiger partial charge on any atom is -0.349 e. The molecule has 0 aromatic heterocycles. The lowest BCUT2D eigenvalue weighted by atomic mass is 9.97. The van der Waals surface area contributed by atoms with Gasteiger partial charge in [-0.3, -0.25) is 4.79 Å². The summed E-state index contributed by atoms with van der Waals surface area (Å²) in [4.78, 5) is 12.4. The number of nitrogens with one attached hydrogen (secondary N) is 1. The van der Waals surface area contributed by atoms with Crippen molar-refractivity contribution in [2.75, 3.05) is 0 Å². The van der Waals surface area contributed by atoms with E-state index in [4.69, 9.17) is 11.6 Å². The van der Waals surface area contributed by atoms with Gasteiger partial charge in [-0.1, -0.05) is 81.5 Å². The highest BCUT2D eigenvalue weighted by molar-refractivity contribution is 6.33. The number of hydrogen-bond donors (Lipinski definition) is 1. The lowest BCUT2D eigenvalue weighted by Crippen LogP contribution is -2.35. The SMILES string of the molecule is O=C(NC1CCCCCCCCCCC1)c1ccccc1Cl. The average Bonchev–Trinajstić information content (AvgIpc) is 2.50. The van der Waals surface area contributed by atoms with Gasteiger partial charge in [-0.2, -0.15) is 0 Å². The predicted molar refractivity (Wildman–Crippen MR) is 93.5 cm³/mol. The summed E-state index contributed by atoms with van der Waals surface area (Å²) in [5.41, 5.74) is 0.593. The van der Waals surface area contributed by atoms with Crippen molar-refractivity contribution in [2.24, 2.45) is 0 Å². The summed E-state index contributed by atoms with van der Waals surface area (Å²) in [6, 6.07) is 7.59. The Kier molecular flexibility index (Phi) is 7.79. The zero-order valence-electron chi connectivity index (χ0n) is 13.5. The molecule has 0 radical (unpaired) electrons. The summed E-state index contributed by atoms with van der Waals surface area (Å²) in [6.07, 6.45) is 14.0. The van der Waals surface area contributed by atoms with Gasteiger partial charge in [0, 0.05) is 6.04 Å². The summed E-state index contributed by atoms with van der Waals surface area (Å²) >= 11 is 6.12. The Morgan fingerprint density at radius 3 is 1.91 bits per heavy atom. The van der Waals surface area contributed by atoms with Crippen LogP contribution >= 0.6 is 11.6 Å². The molecule has 1 saturated carbocycles. The summed E-state index contributed by atoms with van der Waals surface area (Å²) in [7, 11) is 0. The third-order valence-corrected chi connectivity index (χ3v) is 4.89. The minimum atomic E-state index is -0.0253. The molecule has 1 amide bonds. The van der Waals surface area contributed by atoms with E-state index in [1.165, 1.54) is 57.8 Å². The lowest BCUT2D eigenvalue weighted by Gasteiger charge is -2.20. The zero-order valence-corrected chi connectivity index (χ0v) is 14.2. The van der Waals surface area contributed by atoms with Gasteiger partial charge in [0.25, 0.3) is 5.91 Å². The minimum absolute atomic E-state index is 0.0253. The van der Waals surface area contributed by atoms with Gasteiger partial charge in [0.2, 0.25) is 0 Å². The van der Waals surface area contributed by atoms with Gasteiger partial charge in [0.15, 0.2) is 0 Å². The number of carbonyl (C=O) groups excluding carboxylic acids is 1. The Balaban J connectivity index is 1.89. The van der Waals surface area contributed by atoms with Gasteiger partial charge in [-0.05, 0) is 25.0 Å². The number of halogens is 1. The van der Waals surface area contributed by atoms with Crippen LogP contribution in [0.1, 0.15) is 81.0 Å². The van der Waals surface area contributed by atoms with Crippen LogP contribution in [0.3, 0.4) is 0 Å². The van der Waals surface area contributed by atoms with Crippen LogP contribution in [0, 0.1) is 0 Å². The molecule has 3 heteroatoms. The van der Waals surface area contributed by atoms with Crippen molar-refractivity contribution in [2.45, 2.75) is 76.7 Å². The summed E-state index contributed by atoms with van der Waals surface area (Å²) < 4.78 is 0. The zero-order chi connectivity index (χ0) is 15.6. The molecule has 2 nitrogen and oxygen atoms in total. The summed E-state index contributed by atoms with van der Waals surface area (Å²) in [5, 5.41) is 3.74. The molecule has 1 fully saturated rings. The van der Waals surface area contributed by atoms with Crippen LogP contribution in [-0.2, 0) is 0 Å². The monoisotopic (exact) mass is 321 g/mol. The molecular weight excluding hydrogens is 294 g/mol. The highest BCUT2D eigenvalue weighted by Gasteiger charge is 2.15. The first-order chi connectivity index (χ1) is 10.8. The quantitative estimate of drug-likeness (QED) is 0.739. The number of carbonyl (C=O) groups is 1. The second kappa shape index (κ2) is 9.89. The summed E-state index contributed by atoms with van der Waals surface area (Å²) in [5.74, 6) is -0.0253. The van der Waals surface area contributed by atoms with Crippen molar-refractivity contribution in [3.63, 3.8) is 0 Å². The van der Waals surface area contributed by atoms with Crippen LogP contribution in [0.5, 0.6) is 0 Å². The average molecular weight is 322 g/mol. The van der Waals surface area contributed by atoms with Crippen LogP contribution in [-0.4, -0.2) is 11.9 Å². The molecule has 0 aliphatic heterocycles. The fraction of sp³-hybridized carbons (Fsp3) is 0.632. The maximum Gasteiger partial charge on any atom is 0.253 e. The molecular formula is C19H28ClNO. The van der Waals surface area contributed by atoms with Crippen molar-refractivity contribution in [1.29, 1.82) is 0 Å². The second-order valence-corrected chi connectivity index (χ2v) is 6.82. The van der Waals surface area contributed by atoms with Gasteiger partial charge in [-0.25, -0.2) is 0 Å². The molecule has 0 spiro atoms. The molecule has 1 N–H and O–H groups in total. The smallest absolute Gasteiger partial charge is 0.253 e. The van der Waals surface area contributed by atoms with Gasteiger partial charge >= 0.3 is 0 Å². The standard InChI is InChI=1S/C19H28ClNO/c20-18-15-11-10-14-17(18)19(22)21-16-12-8-6-4-2-1-3-5-7-9-13-16/h10-11,14-16H,1-9,12-13H2,(H,21,22). The van der Waals surface area contributed by atoms with Crippen LogP contribution in [0.15, 0.2) is 24.3 Å². The van der Waals surface area contributed by atoms with E-state index in [9.17, 15) is 4.79 Å². The second-order valence-electron chi connectivity index (χ2n) is 6.41. The van der Waals surface area contributed by atoms with Crippen molar-refractivity contribution >= 4 is 17.5 Å². The highest BCUT2D eigenvalue weighted by atomic mass is 35.5. The Morgan fingerprint density at radius 1 is 0.864 bits per heavy atom. The molecule has 22 heavy (non-hydrogen) atoms. The number of benzene rings is 1. The Hall–Kier alpha value is -1.02. The molecule has 0 unspecified atom stereocenters. The fourth-order valence-corrected chi connectivity index (χ4v) is 3.44. The molecule has 1 aliphatic rings. The van der Waals surface area contributed by atoms with Crippen molar-refractivity contribution in [3.05, 3.63) is 34.9 Å². The van der Waals surface area contributed by atoms with E-state index in [2.05, 4.69) is 5.32 Å². The maximum absolute atomic E-state index is 12.4. The third-order valence-electron chi connectivity index (χ3n) is 4.56. The van der Waals surface area contributed by atoms with Gasteiger partial charge in [-0.15, -0.1) is 0 Å². The van der Waals surface area contributed by atoms with Gasteiger partial charge < -0.3 is 5.32 Å². The number of rotatable bonds is 2. The predicted octanol–water partition coefficient (Wildman–Crippen LogP) is 5.74. The summed E-state index contributed by atoms with van der Waals surface area (Å²) in [6.45, 7) is 0. The van der Waals surface area contributed by atoms with Crippen LogP contribution in [0.4, 0.5) is 0 Å². The molecule has 0 bridgehead atoms. The lowest BCUT2D eigenvalue weighted by molar-refractivity contribution is 0.0931. The van der Waals surface area contributed by atoms with Crippen molar-refractivity contribution in [3.8, 4) is 0 Å². The van der Waals surface area contributed by atoms with E-state index in [0.717, 1.165) is 12.8 Å². The van der Waals surface area contributed by atoms with Crippen LogP contribution in [0.25, 0.3) is 0 Å². The van der Waals surface area contributed by atoms with E-state index in [1.807, 2.05) is 12.1 Å². The van der Waals surface area contributed by atoms with E-state index in [-0.39, 0.29) is 5.91 Å². The molecule has 0 atom stereocenters. The molecule has 2 rings (SSSR count). The van der Waals surface area contributed by atoms with Crippen LogP contribution < -0.4 is 5.32 Å². The highest BCUT2D eigenvalue weighted by Crippen LogP contribution is 2.19. The maximum atomic E-state index is 12.4. The molecule has 1 aromatic rings. The van der Waals surface area contributed by atoms with Crippen molar-refractivity contribution in [1.82, 2.24) is 5.32 Å². The fourth-order valence-electron chi connectivity index (χ4n) is 3.22. The number of hydrogen-bond acceptors (Lipinski definition) is 1. The Bertz CT molecular complexity index is 449. The van der Waals surface area contributed by atoms with Gasteiger partial charge in [0.05, 0.1) is 10.6 Å².